The number of anilines is 1. The standard InChI is InChI=1S/C10H13N5O4.C3H7N2O2P/c11-10-13-8-7(9(18)14-10)12-3-15(8)6-1-4(17)5(2-16)19-6;4-2-1-3-5-8(6)7/h3-6,16-17H,1-2H2,(H3,11,13,14,18);5-7H,1,3H2/t4-,5+,6?;/m0./s1. The minimum absolute atomic E-state index is 0.0171. The number of imidazole rings is 1. The molecule has 8 N–H and O–H groups in total. The van der Waals surface area contributed by atoms with Crippen molar-refractivity contribution in [3.05, 3.63) is 16.7 Å². The molecular weight excluding hydrogens is 381 g/mol. The molecule has 1 aliphatic heterocycles. The predicted molar refractivity (Wildman–Crippen MR) is 93.8 cm³/mol. The first-order valence-corrected chi connectivity index (χ1v) is 9.07. The highest BCUT2D eigenvalue weighted by Crippen LogP contribution is 2.30. The van der Waals surface area contributed by atoms with Crippen LogP contribution in [-0.4, -0.2) is 64.9 Å². The summed E-state index contributed by atoms with van der Waals surface area (Å²) in [6, 6.07) is 1.85. The van der Waals surface area contributed by atoms with Crippen molar-refractivity contribution >= 4 is 25.6 Å². The molecule has 0 spiro atoms. The first-order chi connectivity index (χ1) is 12.9. The summed E-state index contributed by atoms with van der Waals surface area (Å²) in [7, 11) is -2.01. The number of aromatic nitrogens is 4. The van der Waals surface area contributed by atoms with E-state index in [-0.39, 0.29) is 30.1 Å². The third kappa shape index (κ3) is 5.41. The Kier molecular flexibility index (Phi) is 7.57. The minimum Gasteiger partial charge on any atom is -0.394 e. The summed E-state index contributed by atoms with van der Waals surface area (Å²) in [4.78, 5) is 38.3. The Morgan fingerprint density at radius 2 is 2.30 bits per heavy atom. The Balaban J connectivity index is 0.000000279. The second kappa shape index (κ2) is 9.67. The van der Waals surface area contributed by atoms with Crippen molar-refractivity contribution in [2.75, 3.05) is 18.9 Å². The molecule has 148 valence electrons. The Labute approximate surface area is 154 Å². The molecule has 0 radical (unpaired) electrons. The molecule has 0 bridgehead atoms. The van der Waals surface area contributed by atoms with Crippen LogP contribution in [0.2, 0.25) is 0 Å². The van der Waals surface area contributed by atoms with Crippen LogP contribution in [0.5, 0.6) is 0 Å². The average molecular weight is 401 g/mol. The molecule has 1 saturated heterocycles. The van der Waals surface area contributed by atoms with Gasteiger partial charge in [0.1, 0.15) is 12.3 Å². The number of hydrogen-bond donors (Lipinski definition) is 7. The molecular formula is C13H20N7O6P. The van der Waals surface area contributed by atoms with Gasteiger partial charge < -0.3 is 30.5 Å². The van der Waals surface area contributed by atoms with Crippen LogP contribution >= 0.6 is 8.53 Å². The van der Waals surface area contributed by atoms with E-state index in [0.29, 0.717) is 13.0 Å². The molecule has 14 heteroatoms. The van der Waals surface area contributed by atoms with Crippen LogP contribution in [0.1, 0.15) is 19.1 Å². The second-order valence-electron chi connectivity index (χ2n) is 5.50. The molecule has 3 rings (SSSR count). The Morgan fingerprint density at radius 1 is 1.56 bits per heavy atom. The van der Waals surface area contributed by atoms with Crippen LogP contribution < -0.4 is 16.4 Å². The van der Waals surface area contributed by atoms with Crippen molar-refractivity contribution in [3.63, 3.8) is 0 Å². The van der Waals surface area contributed by atoms with Crippen molar-refractivity contribution in [1.29, 1.82) is 5.26 Å². The number of ether oxygens (including phenoxy) is 1. The SMILES string of the molecule is N#CCCNP(O)O.Nc1nc2c(ncn2C2C[C@H](O)[C@@H](CO)O2)c(=O)[nH]1. The van der Waals surface area contributed by atoms with Gasteiger partial charge >= 0.3 is 0 Å². The molecule has 1 fully saturated rings. The maximum atomic E-state index is 11.6. The maximum Gasteiger partial charge on any atom is 0.280 e. The predicted octanol–water partition coefficient (Wildman–Crippen LogP) is -1.96. The molecule has 0 amide bonds. The molecule has 3 heterocycles. The number of nitrogen functional groups attached to an aromatic ring is 1. The van der Waals surface area contributed by atoms with E-state index < -0.39 is 32.5 Å². The van der Waals surface area contributed by atoms with Gasteiger partial charge in [-0.15, -0.1) is 0 Å². The lowest BCUT2D eigenvalue weighted by molar-refractivity contribution is -0.0432. The van der Waals surface area contributed by atoms with Crippen LogP contribution in [0.4, 0.5) is 5.95 Å². The van der Waals surface area contributed by atoms with Crippen LogP contribution in [0.15, 0.2) is 11.1 Å². The monoisotopic (exact) mass is 401 g/mol. The van der Waals surface area contributed by atoms with Gasteiger partial charge in [0, 0.05) is 19.4 Å². The number of rotatable bonds is 5. The van der Waals surface area contributed by atoms with Gasteiger partial charge in [-0.3, -0.25) is 14.3 Å². The zero-order valence-corrected chi connectivity index (χ0v) is 15.0. The molecule has 27 heavy (non-hydrogen) atoms. The fourth-order valence-electron chi connectivity index (χ4n) is 2.42. The van der Waals surface area contributed by atoms with Crippen molar-refractivity contribution in [2.24, 2.45) is 0 Å². The highest BCUT2D eigenvalue weighted by Gasteiger charge is 2.35. The van der Waals surface area contributed by atoms with Gasteiger partial charge in [0.25, 0.3) is 5.56 Å². The molecule has 3 atom stereocenters. The number of nitriles is 1. The molecule has 1 aliphatic rings. The molecule has 1 unspecified atom stereocenters. The maximum absolute atomic E-state index is 11.6. The third-order valence-corrected chi connectivity index (χ3v) is 4.14. The van der Waals surface area contributed by atoms with E-state index in [0.717, 1.165) is 0 Å². The zero-order chi connectivity index (χ0) is 20.0. The van der Waals surface area contributed by atoms with Crippen molar-refractivity contribution in [3.8, 4) is 6.07 Å². The highest BCUT2D eigenvalue weighted by molar-refractivity contribution is 7.42. The quantitative estimate of drug-likeness (QED) is 0.216. The van der Waals surface area contributed by atoms with Crippen molar-refractivity contribution in [2.45, 2.75) is 31.3 Å². The third-order valence-electron chi connectivity index (χ3n) is 3.64. The Morgan fingerprint density at radius 3 is 2.89 bits per heavy atom. The molecule has 2 aromatic heterocycles. The zero-order valence-electron chi connectivity index (χ0n) is 14.1. The summed E-state index contributed by atoms with van der Waals surface area (Å²) >= 11 is 0. The van der Waals surface area contributed by atoms with Crippen LogP contribution in [0, 0.1) is 11.3 Å². The van der Waals surface area contributed by atoms with E-state index in [1.807, 2.05) is 6.07 Å². The van der Waals surface area contributed by atoms with Gasteiger partial charge in [0.05, 0.1) is 25.1 Å². The van der Waals surface area contributed by atoms with Gasteiger partial charge in [-0.1, -0.05) is 0 Å². The van der Waals surface area contributed by atoms with Gasteiger partial charge in [0.15, 0.2) is 11.2 Å². The first-order valence-electron chi connectivity index (χ1n) is 7.82. The number of fused-ring (bicyclic) bond motifs is 1. The van der Waals surface area contributed by atoms with E-state index in [1.54, 1.807) is 0 Å². The van der Waals surface area contributed by atoms with Gasteiger partial charge in [-0.25, -0.2) is 10.1 Å². The van der Waals surface area contributed by atoms with Gasteiger partial charge in [-0.05, 0) is 0 Å². The molecule has 13 nitrogen and oxygen atoms in total. The van der Waals surface area contributed by atoms with Crippen LogP contribution in [-0.2, 0) is 4.74 Å². The average Bonchev–Trinajstić information content (AvgIpc) is 3.18. The summed E-state index contributed by atoms with van der Waals surface area (Å²) < 4.78 is 7.01. The topological polar surface area (TPSA) is 216 Å². The molecule has 0 saturated carbocycles. The fourth-order valence-corrected chi connectivity index (χ4v) is 2.73. The van der Waals surface area contributed by atoms with E-state index in [9.17, 15) is 9.90 Å². The summed E-state index contributed by atoms with van der Waals surface area (Å²) in [5, 5.41) is 29.0. The number of nitrogens with one attached hydrogen (secondary N) is 2. The summed E-state index contributed by atoms with van der Waals surface area (Å²) in [5.41, 5.74) is 5.50. The minimum atomic E-state index is -2.01. The number of H-pyrrole nitrogens is 1. The molecule has 2 aromatic rings. The van der Waals surface area contributed by atoms with Gasteiger partial charge in [0.2, 0.25) is 14.5 Å². The van der Waals surface area contributed by atoms with E-state index in [1.165, 1.54) is 10.9 Å². The second-order valence-corrected chi connectivity index (χ2v) is 6.39. The number of aliphatic hydroxyl groups excluding tert-OH is 2. The molecule has 0 aromatic carbocycles. The summed E-state index contributed by atoms with van der Waals surface area (Å²) in [6.07, 6.45) is 0.0357. The molecule has 0 aliphatic carbocycles. The normalized spacial score (nSPS) is 21.9. The van der Waals surface area contributed by atoms with E-state index in [4.69, 9.17) is 30.6 Å². The Bertz CT molecular complexity index is 850. The van der Waals surface area contributed by atoms with Crippen LogP contribution in [0.25, 0.3) is 11.2 Å². The van der Waals surface area contributed by atoms with Gasteiger partial charge in [-0.2, -0.15) is 10.2 Å². The lowest BCUT2D eigenvalue weighted by Crippen LogP contribution is -2.24. The van der Waals surface area contributed by atoms with E-state index >= 15 is 0 Å². The fraction of sp³-hybridized carbons (Fsp3) is 0.538. The van der Waals surface area contributed by atoms with Crippen LogP contribution in [0.3, 0.4) is 0 Å². The largest absolute Gasteiger partial charge is 0.394 e. The number of hydrogen-bond acceptors (Lipinski definition) is 11. The van der Waals surface area contributed by atoms with E-state index in [2.05, 4.69) is 20.0 Å². The number of nitrogens with zero attached hydrogens (tertiary/aromatic N) is 4. The Hall–Kier alpha value is -2.17. The number of aliphatic hydroxyl groups is 2. The smallest absolute Gasteiger partial charge is 0.280 e. The number of nitrogens with two attached hydrogens (primary N) is 1. The van der Waals surface area contributed by atoms with Crippen molar-refractivity contribution in [1.82, 2.24) is 24.6 Å². The first kappa shape index (κ1) is 21.1. The number of aromatic amines is 1. The summed E-state index contributed by atoms with van der Waals surface area (Å²) in [6.45, 7) is 0.0651. The highest BCUT2D eigenvalue weighted by atomic mass is 31.2. The lowest BCUT2D eigenvalue weighted by Gasteiger charge is -2.13. The lowest BCUT2D eigenvalue weighted by atomic mass is 10.2. The van der Waals surface area contributed by atoms with Crippen molar-refractivity contribution < 1.29 is 24.7 Å². The summed E-state index contributed by atoms with van der Waals surface area (Å²) in [5.74, 6) is -0.0171.